The van der Waals surface area contributed by atoms with E-state index in [0.29, 0.717) is 56.3 Å². The average molecular weight is 511 g/mol. The number of rotatable bonds is 7. The molecule has 4 rings (SSSR count). The van der Waals surface area contributed by atoms with Crippen LogP contribution in [0.3, 0.4) is 0 Å². The van der Waals surface area contributed by atoms with Crippen molar-refractivity contribution in [2.24, 2.45) is 0 Å². The van der Waals surface area contributed by atoms with Gasteiger partial charge in [-0.2, -0.15) is 0 Å². The molecular weight excluding hydrogens is 479 g/mol. The molecule has 4 amide bonds. The third-order valence-electron chi connectivity index (χ3n) is 6.44. The first-order valence-corrected chi connectivity index (χ1v) is 12.3. The maximum atomic E-state index is 14.1. The number of carbonyl (C=O) groups is 4. The highest BCUT2D eigenvalue weighted by Crippen LogP contribution is 2.21. The molecule has 2 fully saturated rings. The van der Waals surface area contributed by atoms with Gasteiger partial charge in [-0.15, -0.1) is 0 Å². The number of hydrogen-bond acceptors (Lipinski definition) is 6. The van der Waals surface area contributed by atoms with Gasteiger partial charge in [-0.05, 0) is 36.4 Å². The summed E-state index contributed by atoms with van der Waals surface area (Å²) < 4.78 is 14.1. The molecule has 0 aromatic heterocycles. The molecule has 2 heterocycles. The highest BCUT2D eigenvalue weighted by Gasteiger charge is 2.35. The first-order chi connectivity index (χ1) is 17.8. The minimum atomic E-state index is -0.903. The Balaban J connectivity index is 1.31. The number of piperazine rings is 2. The molecule has 10 nitrogen and oxygen atoms in total. The Morgan fingerprint density at radius 3 is 2.24 bits per heavy atom. The predicted octanol–water partition coefficient (Wildman–Crippen LogP) is 1.26. The molecule has 0 saturated carbocycles. The lowest BCUT2D eigenvalue weighted by molar-refractivity contribution is -0.145. The number of hydrogen-bond donors (Lipinski definition) is 3. The van der Waals surface area contributed by atoms with E-state index in [1.54, 1.807) is 42.5 Å². The molecule has 196 valence electrons. The maximum absolute atomic E-state index is 14.1. The van der Waals surface area contributed by atoms with Crippen LogP contribution in [0.15, 0.2) is 48.5 Å². The fourth-order valence-corrected chi connectivity index (χ4v) is 4.58. The topological polar surface area (TPSA) is 114 Å². The zero-order valence-electron chi connectivity index (χ0n) is 20.7. The van der Waals surface area contributed by atoms with Gasteiger partial charge in [0.1, 0.15) is 11.9 Å². The van der Waals surface area contributed by atoms with Crippen LogP contribution in [0.4, 0.5) is 21.5 Å². The maximum Gasteiger partial charge on any atom is 0.243 e. The molecule has 2 aliphatic heterocycles. The van der Waals surface area contributed by atoms with Crippen LogP contribution in [0.1, 0.15) is 13.3 Å². The first-order valence-electron chi connectivity index (χ1n) is 12.3. The van der Waals surface area contributed by atoms with E-state index in [2.05, 4.69) is 16.0 Å². The number of anilines is 3. The Kier molecular flexibility index (Phi) is 8.34. The highest BCUT2D eigenvalue weighted by molar-refractivity contribution is 5.98. The third-order valence-corrected chi connectivity index (χ3v) is 6.44. The summed E-state index contributed by atoms with van der Waals surface area (Å²) in [5.74, 6) is -1.44. The van der Waals surface area contributed by atoms with E-state index < -0.39 is 11.9 Å². The van der Waals surface area contributed by atoms with Crippen LogP contribution in [0.25, 0.3) is 0 Å². The van der Waals surface area contributed by atoms with E-state index in [1.165, 1.54) is 17.9 Å². The molecule has 3 N–H and O–H groups in total. The van der Waals surface area contributed by atoms with Crippen molar-refractivity contribution in [2.75, 3.05) is 61.3 Å². The van der Waals surface area contributed by atoms with Crippen LogP contribution in [0.5, 0.6) is 0 Å². The summed E-state index contributed by atoms with van der Waals surface area (Å²) in [4.78, 5) is 55.0. The van der Waals surface area contributed by atoms with Crippen LogP contribution in [0, 0.1) is 5.82 Å². The van der Waals surface area contributed by atoms with Gasteiger partial charge >= 0.3 is 0 Å². The largest absolute Gasteiger partial charge is 0.367 e. The lowest BCUT2D eigenvalue weighted by Gasteiger charge is -2.39. The second kappa shape index (κ2) is 11.8. The second-order valence-electron chi connectivity index (χ2n) is 9.12. The molecule has 2 aromatic rings. The molecule has 37 heavy (non-hydrogen) atoms. The summed E-state index contributed by atoms with van der Waals surface area (Å²) in [5, 5.41) is 8.13. The summed E-state index contributed by atoms with van der Waals surface area (Å²) in [6.45, 7) is 4.52. The number of carbonyl (C=O) groups excluding carboxylic acids is 4. The Hall–Kier alpha value is -3.99. The fourth-order valence-electron chi connectivity index (χ4n) is 4.58. The van der Waals surface area contributed by atoms with Crippen molar-refractivity contribution in [3.63, 3.8) is 0 Å². The van der Waals surface area contributed by atoms with Crippen molar-refractivity contribution in [3.8, 4) is 0 Å². The van der Waals surface area contributed by atoms with Crippen molar-refractivity contribution < 1.29 is 23.6 Å². The zero-order valence-corrected chi connectivity index (χ0v) is 20.7. The van der Waals surface area contributed by atoms with Gasteiger partial charge in [0, 0.05) is 57.6 Å². The quantitative estimate of drug-likeness (QED) is 0.517. The molecule has 1 unspecified atom stereocenters. The monoisotopic (exact) mass is 510 g/mol. The summed E-state index contributed by atoms with van der Waals surface area (Å²) in [6.07, 6.45) is -0.175. The highest BCUT2D eigenvalue weighted by atomic mass is 19.1. The van der Waals surface area contributed by atoms with Gasteiger partial charge in [-0.3, -0.25) is 24.1 Å². The van der Waals surface area contributed by atoms with Crippen LogP contribution >= 0.6 is 0 Å². The molecule has 0 bridgehead atoms. The molecule has 0 radical (unpaired) electrons. The molecule has 0 aliphatic carbocycles. The predicted molar refractivity (Wildman–Crippen MR) is 138 cm³/mol. The average Bonchev–Trinajstić information content (AvgIpc) is 2.87. The Morgan fingerprint density at radius 1 is 0.946 bits per heavy atom. The van der Waals surface area contributed by atoms with E-state index in [1.807, 2.05) is 9.80 Å². The second-order valence-corrected chi connectivity index (χ2v) is 9.12. The molecule has 11 heteroatoms. The van der Waals surface area contributed by atoms with Crippen LogP contribution in [-0.4, -0.2) is 85.3 Å². The smallest absolute Gasteiger partial charge is 0.243 e. The van der Waals surface area contributed by atoms with Gasteiger partial charge in [0.2, 0.25) is 23.6 Å². The van der Waals surface area contributed by atoms with E-state index in [0.717, 1.165) is 0 Å². The molecule has 1 atom stereocenters. The normalized spacial score (nSPS) is 18.2. The van der Waals surface area contributed by atoms with Crippen molar-refractivity contribution in [3.05, 3.63) is 54.3 Å². The molecule has 2 aromatic carbocycles. The molecule has 2 aliphatic rings. The fraction of sp³-hybridized carbons (Fsp3) is 0.385. The van der Waals surface area contributed by atoms with Gasteiger partial charge in [-0.25, -0.2) is 4.39 Å². The van der Waals surface area contributed by atoms with Crippen LogP contribution in [0.2, 0.25) is 0 Å². The van der Waals surface area contributed by atoms with E-state index >= 15 is 0 Å². The van der Waals surface area contributed by atoms with Gasteiger partial charge in [0.15, 0.2) is 0 Å². The van der Waals surface area contributed by atoms with Crippen molar-refractivity contribution >= 4 is 40.7 Å². The number of nitrogens with one attached hydrogen (secondary N) is 3. The minimum Gasteiger partial charge on any atom is -0.367 e. The molecular formula is C26H31FN6O4. The van der Waals surface area contributed by atoms with Gasteiger partial charge in [-0.1, -0.05) is 12.1 Å². The Bertz CT molecular complexity index is 1150. The standard InChI is InChI=1S/C26H31FN6O4/c1-18(34)29-19-6-8-20(9-7-19)30-24(35)16-23-26(37)28-10-11-33(23)25(36)17-31-12-14-32(15-13-31)22-5-3-2-4-21(22)27/h2-9,23H,10-17H2,1H3,(H,28,37)(H,29,34)(H,30,35). The Morgan fingerprint density at radius 2 is 1.59 bits per heavy atom. The van der Waals surface area contributed by atoms with Crippen LogP contribution in [-0.2, 0) is 19.2 Å². The lowest BCUT2D eigenvalue weighted by atomic mass is 10.1. The third kappa shape index (κ3) is 6.82. The number of amides is 4. The van der Waals surface area contributed by atoms with Gasteiger partial charge in [0.25, 0.3) is 0 Å². The van der Waals surface area contributed by atoms with E-state index in [4.69, 9.17) is 0 Å². The zero-order chi connectivity index (χ0) is 26.4. The van der Waals surface area contributed by atoms with Gasteiger partial charge < -0.3 is 25.8 Å². The number of nitrogens with zero attached hydrogens (tertiary/aromatic N) is 3. The summed E-state index contributed by atoms with van der Waals surface area (Å²) in [7, 11) is 0. The van der Waals surface area contributed by atoms with E-state index in [-0.39, 0.29) is 36.5 Å². The number of benzene rings is 2. The minimum absolute atomic E-state index is 0.126. The summed E-state index contributed by atoms with van der Waals surface area (Å²) in [5.41, 5.74) is 1.67. The van der Waals surface area contributed by atoms with Crippen molar-refractivity contribution in [1.82, 2.24) is 15.1 Å². The number of para-hydroxylation sites is 1. The van der Waals surface area contributed by atoms with E-state index in [9.17, 15) is 23.6 Å². The van der Waals surface area contributed by atoms with Crippen molar-refractivity contribution in [1.29, 1.82) is 0 Å². The lowest BCUT2D eigenvalue weighted by Crippen LogP contribution is -2.60. The van der Waals surface area contributed by atoms with Crippen LogP contribution < -0.4 is 20.9 Å². The number of halogens is 1. The molecule has 2 saturated heterocycles. The molecule has 0 spiro atoms. The first kappa shape index (κ1) is 26.1. The van der Waals surface area contributed by atoms with Gasteiger partial charge in [0.05, 0.1) is 18.7 Å². The Labute approximate surface area is 214 Å². The SMILES string of the molecule is CC(=O)Nc1ccc(NC(=O)CC2C(=O)NCCN2C(=O)CN2CCN(c3ccccc3F)CC2)cc1. The van der Waals surface area contributed by atoms with Crippen molar-refractivity contribution in [2.45, 2.75) is 19.4 Å². The summed E-state index contributed by atoms with van der Waals surface area (Å²) >= 11 is 0. The summed E-state index contributed by atoms with van der Waals surface area (Å²) in [6, 6.07) is 12.3.